The molecule has 0 spiro atoms. The van der Waals surface area contributed by atoms with Crippen molar-refractivity contribution >= 4 is 0 Å². The van der Waals surface area contributed by atoms with Crippen LogP contribution < -0.4 is 19.9 Å². The van der Waals surface area contributed by atoms with Gasteiger partial charge in [0.1, 0.15) is 6.61 Å². The molecule has 5 heteroatoms. The second-order valence-electron chi connectivity index (χ2n) is 2.51. The summed E-state index contributed by atoms with van der Waals surface area (Å²) in [7, 11) is 3.10. The lowest BCUT2D eigenvalue weighted by atomic mass is 10.4. The van der Waals surface area contributed by atoms with Gasteiger partial charge in [-0.25, -0.2) is 4.98 Å². The highest BCUT2D eigenvalue weighted by Crippen LogP contribution is 2.28. The van der Waals surface area contributed by atoms with Crippen LogP contribution in [0.15, 0.2) is 12.3 Å². The van der Waals surface area contributed by atoms with Gasteiger partial charge < -0.3 is 19.9 Å². The number of rotatable bonds is 5. The molecule has 0 fully saturated rings. The molecule has 1 heterocycles. The van der Waals surface area contributed by atoms with Crippen LogP contribution in [0.5, 0.6) is 17.4 Å². The van der Waals surface area contributed by atoms with E-state index in [-0.39, 0.29) is 0 Å². The fraction of sp³-hybridized carbons (Fsp3) is 0.444. The zero-order valence-electron chi connectivity index (χ0n) is 8.32. The summed E-state index contributed by atoms with van der Waals surface area (Å²) in [5.41, 5.74) is 5.33. The molecule has 0 aliphatic heterocycles. The summed E-state index contributed by atoms with van der Waals surface area (Å²) < 4.78 is 15.4. The maximum absolute atomic E-state index is 5.35. The SMILES string of the molecule is COc1cc(OCCN)c(OC)cn1. The molecule has 0 aliphatic rings. The number of nitrogens with zero attached hydrogens (tertiary/aromatic N) is 1. The molecule has 0 saturated carbocycles. The molecule has 5 nitrogen and oxygen atoms in total. The Labute approximate surface area is 82.8 Å². The Morgan fingerprint density at radius 2 is 2.07 bits per heavy atom. The molecule has 0 amide bonds. The van der Waals surface area contributed by atoms with Crippen molar-refractivity contribution in [1.29, 1.82) is 0 Å². The normalized spacial score (nSPS) is 9.64. The van der Waals surface area contributed by atoms with Crippen molar-refractivity contribution in [2.45, 2.75) is 0 Å². The fourth-order valence-corrected chi connectivity index (χ4v) is 0.953. The van der Waals surface area contributed by atoms with Crippen molar-refractivity contribution in [3.05, 3.63) is 12.3 Å². The van der Waals surface area contributed by atoms with Gasteiger partial charge >= 0.3 is 0 Å². The molecule has 0 unspecified atom stereocenters. The fourth-order valence-electron chi connectivity index (χ4n) is 0.953. The Kier molecular flexibility index (Phi) is 4.00. The minimum atomic E-state index is 0.434. The van der Waals surface area contributed by atoms with Gasteiger partial charge in [0.15, 0.2) is 11.5 Å². The third-order valence-electron chi connectivity index (χ3n) is 1.61. The lowest BCUT2D eigenvalue weighted by Gasteiger charge is -2.10. The Bertz CT molecular complexity index is 291. The standard InChI is InChI=1S/C9H14N2O3/c1-12-8-6-11-9(13-2)5-7(8)14-4-3-10/h5-6H,3-4,10H2,1-2H3. The Morgan fingerprint density at radius 1 is 1.29 bits per heavy atom. The van der Waals surface area contributed by atoms with E-state index < -0.39 is 0 Å². The van der Waals surface area contributed by atoms with E-state index in [0.717, 1.165) is 0 Å². The van der Waals surface area contributed by atoms with Crippen LogP contribution in [0, 0.1) is 0 Å². The summed E-state index contributed by atoms with van der Waals surface area (Å²) >= 11 is 0. The number of nitrogens with two attached hydrogens (primary N) is 1. The Balaban J connectivity index is 2.84. The van der Waals surface area contributed by atoms with Gasteiger partial charge in [0.25, 0.3) is 0 Å². The summed E-state index contributed by atoms with van der Waals surface area (Å²) in [6.07, 6.45) is 1.55. The first-order valence-electron chi connectivity index (χ1n) is 4.22. The highest BCUT2D eigenvalue weighted by molar-refractivity contribution is 5.40. The maximum atomic E-state index is 5.35. The predicted octanol–water partition coefficient (Wildman–Crippen LogP) is 0.436. The van der Waals surface area contributed by atoms with Crippen molar-refractivity contribution in [2.75, 3.05) is 27.4 Å². The maximum Gasteiger partial charge on any atom is 0.216 e. The van der Waals surface area contributed by atoms with Crippen molar-refractivity contribution in [3.8, 4) is 17.4 Å². The zero-order valence-corrected chi connectivity index (χ0v) is 8.32. The molecule has 0 bridgehead atoms. The minimum Gasteiger partial charge on any atom is -0.491 e. The van der Waals surface area contributed by atoms with E-state index in [9.17, 15) is 0 Å². The minimum absolute atomic E-state index is 0.434. The van der Waals surface area contributed by atoms with Gasteiger partial charge in [0, 0.05) is 12.6 Å². The van der Waals surface area contributed by atoms with Gasteiger partial charge in [0.05, 0.1) is 20.4 Å². The number of ether oxygens (including phenoxy) is 3. The predicted molar refractivity (Wildman–Crippen MR) is 51.9 cm³/mol. The van der Waals surface area contributed by atoms with Crippen LogP contribution in [-0.2, 0) is 0 Å². The number of hydrogen-bond acceptors (Lipinski definition) is 5. The molecule has 0 aromatic carbocycles. The molecule has 0 aliphatic carbocycles. The van der Waals surface area contributed by atoms with Gasteiger partial charge in [-0.15, -0.1) is 0 Å². The molecule has 1 aromatic rings. The third kappa shape index (κ3) is 2.50. The van der Waals surface area contributed by atoms with Gasteiger partial charge in [0.2, 0.25) is 5.88 Å². The third-order valence-corrected chi connectivity index (χ3v) is 1.61. The second kappa shape index (κ2) is 5.29. The van der Waals surface area contributed by atoms with E-state index in [1.165, 1.54) is 0 Å². The van der Waals surface area contributed by atoms with Crippen LogP contribution in [0.25, 0.3) is 0 Å². The first-order valence-corrected chi connectivity index (χ1v) is 4.22. The second-order valence-corrected chi connectivity index (χ2v) is 2.51. The molecule has 1 rings (SSSR count). The van der Waals surface area contributed by atoms with Crippen LogP contribution in [0.4, 0.5) is 0 Å². The molecule has 0 radical (unpaired) electrons. The van der Waals surface area contributed by atoms with Gasteiger partial charge in [-0.1, -0.05) is 0 Å². The van der Waals surface area contributed by atoms with Crippen LogP contribution in [0.1, 0.15) is 0 Å². The number of hydrogen-bond donors (Lipinski definition) is 1. The molecule has 78 valence electrons. The first kappa shape index (κ1) is 10.6. The van der Waals surface area contributed by atoms with Crippen molar-refractivity contribution in [2.24, 2.45) is 5.73 Å². The van der Waals surface area contributed by atoms with Crippen LogP contribution in [0.3, 0.4) is 0 Å². The molecule has 14 heavy (non-hydrogen) atoms. The average molecular weight is 198 g/mol. The summed E-state index contributed by atoms with van der Waals surface area (Å²) in [5.74, 6) is 1.64. The van der Waals surface area contributed by atoms with E-state index in [2.05, 4.69) is 4.98 Å². The number of pyridine rings is 1. The van der Waals surface area contributed by atoms with E-state index in [0.29, 0.717) is 30.5 Å². The molecule has 2 N–H and O–H groups in total. The van der Waals surface area contributed by atoms with E-state index >= 15 is 0 Å². The van der Waals surface area contributed by atoms with Gasteiger partial charge in [-0.2, -0.15) is 0 Å². The smallest absolute Gasteiger partial charge is 0.216 e. The topological polar surface area (TPSA) is 66.6 Å². The number of aromatic nitrogens is 1. The molecule has 0 atom stereocenters. The van der Waals surface area contributed by atoms with Crippen molar-refractivity contribution in [3.63, 3.8) is 0 Å². The Morgan fingerprint density at radius 3 is 2.64 bits per heavy atom. The summed E-state index contributed by atoms with van der Waals surface area (Å²) in [6.45, 7) is 0.886. The van der Waals surface area contributed by atoms with E-state index in [1.54, 1.807) is 26.5 Å². The van der Waals surface area contributed by atoms with E-state index in [4.69, 9.17) is 19.9 Å². The molecule has 1 aromatic heterocycles. The van der Waals surface area contributed by atoms with Crippen molar-refractivity contribution in [1.82, 2.24) is 4.98 Å². The van der Waals surface area contributed by atoms with Gasteiger partial charge in [-0.05, 0) is 0 Å². The summed E-state index contributed by atoms with van der Waals surface area (Å²) in [4.78, 5) is 3.98. The average Bonchev–Trinajstić information content (AvgIpc) is 2.25. The lowest BCUT2D eigenvalue weighted by molar-refractivity contribution is 0.297. The quantitative estimate of drug-likeness (QED) is 0.743. The molecule has 0 saturated heterocycles. The van der Waals surface area contributed by atoms with E-state index in [1.807, 2.05) is 0 Å². The van der Waals surface area contributed by atoms with Gasteiger partial charge in [-0.3, -0.25) is 0 Å². The van der Waals surface area contributed by atoms with Crippen LogP contribution in [-0.4, -0.2) is 32.4 Å². The molecular formula is C9H14N2O3. The summed E-state index contributed by atoms with van der Waals surface area (Å²) in [5, 5.41) is 0. The first-order chi connectivity index (χ1) is 6.81. The highest BCUT2D eigenvalue weighted by Gasteiger charge is 2.06. The summed E-state index contributed by atoms with van der Waals surface area (Å²) in [6, 6.07) is 1.66. The Hall–Kier alpha value is -1.49. The highest BCUT2D eigenvalue weighted by atomic mass is 16.5. The van der Waals surface area contributed by atoms with Crippen LogP contribution in [0.2, 0.25) is 0 Å². The monoisotopic (exact) mass is 198 g/mol. The van der Waals surface area contributed by atoms with Crippen LogP contribution >= 0.6 is 0 Å². The molecular weight excluding hydrogens is 184 g/mol. The number of methoxy groups -OCH3 is 2. The largest absolute Gasteiger partial charge is 0.491 e. The van der Waals surface area contributed by atoms with Crippen molar-refractivity contribution < 1.29 is 14.2 Å². The lowest BCUT2D eigenvalue weighted by Crippen LogP contribution is -2.11. The zero-order chi connectivity index (χ0) is 10.4.